The first-order valence-electron chi connectivity index (χ1n) is 10.1. The Morgan fingerprint density at radius 1 is 0.931 bits per heavy atom. The topological polar surface area (TPSA) is 76.1 Å². The molecule has 0 saturated carbocycles. The number of likely N-dealkylation sites (tertiary alicyclic amines) is 1. The molecule has 1 fully saturated rings. The quantitative estimate of drug-likeness (QED) is 0.717. The summed E-state index contributed by atoms with van der Waals surface area (Å²) in [7, 11) is 0. The van der Waals surface area contributed by atoms with Gasteiger partial charge in [0.2, 0.25) is 0 Å². The molecule has 0 spiro atoms. The summed E-state index contributed by atoms with van der Waals surface area (Å²) < 4.78 is 11.2. The third kappa shape index (κ3) is 4.88. The van der Waals surface area contributed by atoms with E-state index in [1.54, 1.807) is 35.2 Å². The Balaban J connectivity index is 1.64. The Morgan fingerprint density at radius 3 is 2.14 bits per heavy atom. The number of amides is 1. The number of aromatic hydroxyl groups is 1. The van der Waals surface area contributed by atoms with Gasteiger partial charge in [-0.3, -0.25) is 9.59 Å². The van der Waals surface area contributed by atoms with Crippen LogP contribution in [0.15, 0.2) is 42.5 Å². The lowest BCUT2D eigenvalue weighted by atomic mass is 9.88. The molecule has 0 bridgehead atoms. The number of ketones is 1. The molecular formula is C23H27NO5. The Kier molecular flexibility index (Phi) is 6.75. The van der Waals surface area contributed by atoms with Crippen LogP contribution in [0.3, 0.4) is 0 Å². The second kappa shape index (κ2) is 9.45. The molecule has 0 aliphatic carbocycles. The molecule has 1 aliphatic heterocycles. The Hall–Kier alpha value is -3.02. The third-order valence-electron chi connectivity index (χ3n) is 5.10. The van der Waals surface area contributed by atoms with Crippen LogP contribution in [0.5, 0.6) is 17.2 Å². The van der Waals surface area contributed by atoms with E-state index in [1.807, 2.05) is 13.8 Å². The van der Waals surface area contributed by atoms with Crippen LogP contribution in [-0.4, -0.2) is 48.0 Å². The summed E-state index contributed by atoms with van der Waals surface area (Å²) in [5, 5.41) is 9.38. The van der Waals surface area contributed by atoms with Gasteiger partial charge in [0.15, 0.2) is 17.3 Å². The van der Waals surface area contributed by atoms with E-state index < -0.39 is 0 Å². The predicted molar refractivity (Wildman–Crippen MR) is 110 cm³/mol. The van der Waals surface area contributed by atoms with E-state index in [9.17, 15) is 14.7 Å². The highest BCUT2D eigenvalue weighted by Gasteiger charge is 2.28. The molecule has 2 aromatic rings. The lowest BCUT2D eigenvalue weighted by Gasteiger charge is -2.31. The molecule has 154 valence electrons. The Morgan fingerprint density at radius 2 is 1.52 bits per heavy atom. The van der Waals surface area contributed by atoms with Crippen molar-refractivity contribution in [3.05, 3.63) is 53.6 Å². The lowest BCUT2D eigenvalue weighted by Crippen LogP contribution is -2.40. The second-order valence-corrected chi connectivity index (χ2v) is 7.01. The summed E-state index contributed by atoms with van der Waals surface area (Å²) in [5.41, 5.74) is 1.15. The van der Waals surface area contributed by atoms with Crippen LogP contribution in [0.25, 0.3) is 0 Å². The number of benzene rings is 2. The third-order valence-corrected chi connectivity index (χ3v) is 5.10. The SMILES string of the molecule is CCOc1ccc(C(=O)N2CCC(C(=O)c3ccc(O)cc3)CC2)cc1OCC. The van der Waals surface area contributed by atoms with Gasteiger partial charge < -0.3 is 19.5 Å². The molecular weight excluding hydrogens is 370 g/mol. The van der Waals surface area contributed by atoms with Crippen LogP contribution >= 0.6 is 0 Å². The fourth-order valence-electron chi connectivity index (χ4n) is 3.57. The predicted octanol–water partition coefficient (Wildman–Crippen LogP) is 3.92. The van der Waals surface area contributed by atoms with Gasteiger partial charge in [0, 0.05) is 30.1 Å². The van der Waals surface area contributed by atoms with Crippen LogP contribution in [0.1, 0.15) is 47.4 Å². The van der Waals surface area contributed by atoms with Crippen molar-refractivity contribution in [1.29, 1.82) is 0 Å². The Labute approximate surface area is 171 Å². The van der Waals surface area contributed by atoms with Gasteiger partial charge in [-0.2, -0.15) is 0 Å². The number of phenols is 1. The zero-order chi connectivity index (χ0) is 20.8. The molecule has 3 rings (SSSR count). The number of hydrogen-bond acceptors (Lipinski definition) is 5. The van der Waals surface area contributed by atoms with E-state index in [-0.39, 0.29) is 23.4 Å². The van der Waals surface area contributed by atoms with Gasteiger partial charge in [-0.05, 0) is 69.2 Å². The molecule has 1 aliphatic rings. The fourth-order valence-corrected chi connectivity index (χ4v) is 3.57. The maximum atomic E-state index is 12.9. The number of rotatable bonds is 7. The summed E-state index contributed by atoms with van der Waals surface area (Å²) in [6, 6.07) is 11.6. The molecule has 0 unspecified atom stereocenters. The Bertz CT molecular complexity index is 854. The van der Waals surface area contributed by atoms with E-state index in [1.165, 1.54) is 12.1 Å². The molecule has 0 aromatic heterocycles. The van der Waals surface area contributed by atoms with Crippen molar-refractivity contribution in [2.24, 2.45) is 5.92 Å². The average molecular weight is 397 g/mol. The van der Waals surface area contributed by atoms with E-state index in [0.29, 0.717) is 61.8 Å². The molecule has 0 atom stereocenters. The standard InChI is InChI=1S/C23H27NO5/c1-3-28-20-10-7-18(15-21(20)29-4-2)23(27)24-13-11-17(12-14-24)22(26)16-5-8-19(25)9-6-16/h5-10,15,17,25H,3-4,11-14H2,1-2H3. The molecule has 0 radical (unpaired) electrons. The number of ether oxygens (including phenoxy) is 2. The number of hydrogen-bond donors (Lipinski definition) is 1. The van der Waals surface area contributed by atoms with Gasteiger partial charge in [-0.1, -0.05) is 0 Å². The normalized spacial score (nSPS) is 14.5. The first-order chi connectivity index (χ1) is 14.0. The van der Waals surface area contributed by atoms with Gasteiger partial charge in [0.25, 0.3) is 5.91 Å². The van der Waals surface area contributed by atoms with Gasteiger partial charge in [-0.25, -0.2) is 0 Å². The summed E-state index contributed by atoms with van der Waals surface area (Å²) >= 11 is 0. The first-order valence-corrected chi connectivity index (χ1v) is 10.1. The minimum Gasteiger partial charge on any atom is -0.508 e. The van der Waals surface area contributed by atoms with E-state index >= 15 is 0 Å². The van der Waals surface area contributed by atoms with E-state index in [4.69, 9.17) is 9.47 Å². The van der Waals surface area contributed by atoms with Crippen LogP contribution in [0.2, 0.25) is 0 Å². The summed E-state index contributed by atoms with van der Waals surface area (Å²) in [5.74, 6) is 1.23. The van der Waals surface area contributed by atoms with Crippen molar-refractivity contribution in [3.8, 4) is 17.2 Å². The monoisotopic (exact) mass is 397 g/mol. The average Bonchev–Trinajstić information content (AvgIpc) is 2.75. The zero-order valence-corrected chi connectivity index (χ0v) is 16.9. The minimum atomic E-state index is -0.108. The maximum Gasteiger partial charge on any atom is 0.253 e. The molecule has 6 nitrogen and oxygen atoms in total. The van der Waals surface area contributed by atoms with Crippen LogP contribution in [0.4, 0.5) is 0 Å². The fraction of sp³-hybridized carbons (Fsp3) is 0.391. The highest BCUT2D eigenvalue weighted by molar-refractivity contribution is 5.98. The lowest BCUT2D eigenvalue weighted by molar-refractivity contribution is 0.0650. The smallest absolute Gasteiger partial charge is 0.253 e. The van der Waals surface area contributed by atoms with Crippen molar-refractivity contribution in [1.82, 2.24) is 4.90 Å². The number of nitrogens with zero attached hydrogens (tertiary/aromatic N) is 1. The van der Waals surface area contributed by atoms with Gasteiger partial charge in [0.05, 0.1) is 13.2 Å². The number of phenolic OH excluding ortho intramolecular Hbond substituents is 1. The van der Waals surface area contributed by atoms with Crippen molar-refractivity contribution < 1.29 is 24.2 Å². The first kappa shape index (κ1) is 20.7. The van der Waals surface area contributed by atoms with Crippen molar-refractivity contribution in [2.45, 2.75) is 26.7 Å². The number of Topliss-reactive ketones (excluding diaryl/α,β-unsaturated/α-hetero) is 1. The zero-order valence-electron chi connectivity index (χ0n) is 16.9. The second-order valence-electron chi connectivity index (χ2n) is 7.01. The van der Waals surface area contributed by atoms with Crippen LogP contribution in [-0.2, 0) is 0 Å². The molecule has 2 aromatic carbocycles. The number of carbonyl (C=O) groups is 2. The summed E-state index contributed by atoms with van der Waals surface area (Å²) in [6.45, 7) is 5.87. The van der Waals surface area contributed by atoms with E-state index in [0.717, 1.165) is 0 Å². The molecule has 29 heavy (non-hydrogen) atoms. The summed E-state index contributed by atoms with van der Waals surface area (Å²) in [4.78, 5) is 27.4. The molecule has 1 heterocycles. The number of carbonyl (C=O) groups excluding carboxylic acids is 2. The highest BCUT2D eigenvalue weighted by atomic mass is 16.5. The van der Waals surface area contributed by atoms with Crippen LogP contribution < -0.4 is 9.47 Å². The number of piperidine rings is 1. The largest absolute Gasteiger partial charge is 0.508 e. The summed E-state index contributed by atoms with van der Waals surface area (Å²) in [6.07, 6.45) is 1.25. The van der Waals surface area contributed by atoms with Gasteiger partial charge in [-0.15, -0.1) is 0 Å². The highest BCUT2D eigenvalue weighted by Crippen LogP contribution is 2.30. The van der Waals surface area contributed by atoms with Crippen molar-refractivity contribution in [3.63, 3.8) is 0 Å². The van der Waals surface area contributed by atoms with E-state index in [2.05, 4.69) is 0 Å². The maximum absolute atomic E-state index is 12.9. The molecule has 1 saturated heterocycles. The van der Waals surface area contributed by atoms with Crippen molar-refractivity contribution in [2.75, 3.05) is 26.3 Å². The molecule has 1 amide bonds. The minimum absolute atomic E-state index is 0.0652. The van der Waals surface area contributed by atoms with Gasteiger partial charge in [0.1, 0.15) is 5.75 Å². The van der Waals surface area contributed by atoms with Crippen molar-refractivity contribution >= 4 is 11.7 Å². The van der Waals surface area contributed by atoms with Gasteiger partial charge >= 0.3 is 0 Å². The molecule has 6 heteroatoms. The molecule has 1 N–H and O–H groups in total. The van der Waals surface area contributed by atoms with Crippen LogP contribution in [0, 0.1) is 5.92 Å².